The normalized spacial score (nSPS) is 28.5. The van der Waals surface area contributed by atoms with E-state index in [4.69, 9.17) is 14.2 Å². The van der Waals surface area contributed by atoms with Crippen LogP contribution in [0.25, 0.3) is 0 Å². The lowest BCUT2D eigenvalue weighted by Crippen LogP contribution is -2.59. The molecule has 2 bridgehead atoms. The Hall–Kier alpha value is -3.79. The molecule has 0 aliphatic carbocycles. The highest BCUT2D eigenvalue weighted by molar-refractivity contribution is 6.00. The second-order valence-electron chi connectivity index (χ2n) is 7.57. The van der Waals surface area contributed by atoms with E-state index in [1.165, 1.54) is 43.3 Å². The van der Waals surface area contributed by atoms with Crippen LogP contribution >= 0.6 is 0 Å². The summed E-state index contributed by atoms with van der Waals surface area (Å²) in [6.45, 7) is 0. The Morgan fingerprint density at radius 2 is 1.53 bits per heavy atom. The number of benzene rings is 2. The molecule has 0 saturated carbocycles. The highest BCUT2D eigenvalue weighted by atomic mass is 16.6. The Labute approximate surface area is 182 Å². The summed E-state index contributed by atoms with van der Waals surface area (Å²) in [5.41, 5.74) is -3.12. The summed E-state index contributed by atoms with van der Waals surface area (Å²) in [5.74, 6) is -4.80. The zero-order valence-corrected chi connectivity index (χ0v) is 17.5. The highest BCUT2D eigenvalue weighted by Crippen LogP contribution is 2.64. The first-order chi connectivity index (χ1) is 15.3. The van der Waals surface area contributed by atoms with Crippen molar-refractivity contribution in [3.63, 3.8) is 0 Å². The molecule has 2 saturated heterocycles. The molecule has 2 aliphatic heterocycles. The number of non-ortho nitro benzene ring substituents is 1. The molecule has 2 aliphatic rings. The molecule has 2 aromatic carbocycles. The van der Waals surface area contributed by atoms with E-state index in [2.05, 4.69) is 0 Å². The number of likely N-dealkylation sites (N-methyl/N-ethyl adjacent to an activating group) is 1. The van der Waals surface area contributed by atoms with Crippen molar-refractivity contribution < 1.29 is 33.5 Å². The van der Waals surface area contributed by atoms with Gasteiger partial charge in [0.2, 0.25) is 0 Å². The van der Waals surface area contributed by atoms with Gasteiger partial charge in [-0.25, -0.2) is 0 Å². The number of piperidine rings is 1. The zero-order chi connectivity index (χ0) is 23.3. The predicted octanol–water partition coefficient (Wildman–Crippen LogP) is 1.72. The number of nitro benzene ring substituents is 1. The number of ether oxygens (including phenoxy) is 3. The highest BCUT2D eigenvalue weighted by Gasteiger charge is 2.80. The molecule has 2 aromatic rings. The summed E-state index contributed by atoms with van der Waals surface area (Å²) in [5, 5.41) is 11.1. The summed E-state index contributed by atoms with van der Waals surface area (Å²) < 4.78 is 16.4. The monoisotopic (exact) mass is 440 g/mol. The van der Waals surface area contributed by atoms with Gasteiger partial charge in [-0.15, -0.1) is 0 Å². The van der Waals surface area contributed by atoms with Gasteiger partial charge in [0.05, 0.1) is 19.1 Å². The van der Waals surface area contributed by atoms with E-state index < -0.39 is 45.9 Å². The molecule has 10 nitrogen and oxygen atoms in total. The third kappa shape index (κ3) is 2.59. The minimum absolute atomic E-state index is 0.194. The lowest BCUT2D eigenvalue weighted by Gasteiger charge is -2.41. The molecule has 1 amide bonds. The number of hydrogen-bond acceptors (Lipinski definition) is 8. The maximum atomic E-state index is 13.7. The van der Waals surface area contributed by atoms with Crippen molar-refractivity contribution in [2.45, 2.75) is 11.3 Å². The molecule has 0 radical (unpaired) electrons. The largest absolute Gasteiger partial charge is 0.469 e. The molecule has 0 N–H and O–H groups in total. The topological polar surface area (TPSA) is 125 Å². The Morgan fingerprint density at radius 3 is 2.06 bits per heavy atom. The van der Waals surface area contributed by atoms with Crippen LogP contribution in [0.4, 0.5) is 5.69 Å². The number of fused-ring (bicyclic) bond motifs is 2. The van der Waals surface area contributed by atoms with Crippen molar-refractivity contribution in [2.24, 2.45) is 11.8 Å². The van der Waals surface area contributed by atoms with Gasteiger partial charge >= 0.3 is 11.9 Å². The van der Waals surface area contributed by atoms with Gasteiger partial charge in [0.15, 0.2) is 11.3 Å². The maximum absolute atomic E-state index is 13.7. The Bertz CT molecular complexity index is 1100. The number of carbonyl (C=O) groups is 3. The fraction of sp³-hybridized carbons (Fsp3) is 0.318. The fourth-order valence-electron chi connectivity index (χ4n) is 4.84. The first-order valence-corrected chi connectivity index (χ1v) is 9.70. The molecular formula is C22H20N2O8. The van der Waals surface area contributed by atoms with E-state index >= 15 is 0 Å². The quantitative estimate of drug-likeness (QED) is 0.391. The maximum Gasteiger partial charge on any atom is 0.315 e. The number of hydrogen-bond donors (Lipinski definition) is 0. The smallest absolute Gasteiger partial charge is 0.315 e. The van der Waals surface area contributed by atoms with Gasteiger partial charge in [-0.1, -0.05) is 30.3 Å². The van der Waals surface area contributed by atoms with Gasteiger partial charge in [-0.3, -0.25) is 24.5 Å². The van der Waals surface area contributed by atoms with E-state index in [-0.39, 0.29) is 11.3 Å². The minimum Gasteiger partial charge on any atom is -0.469 e. The van der Waals surface area contributed by atoms with Crippen molar-refractivity contribution in [3.05, 3.63) is 75.8 Å². The van der Waals surface area contributed by atoms with Crippen LogP contribution in [-0.4, -0.2) is 48.9 Å². The fourth-order valence-corrected chi connectivity index (χ4v) is 4.84. The number of nitrogens with zero attached hydrogens (tertiary/aromatic N) is 2. The standard InChI is InChI=1S/C22H20N2O8/c1-23-20(27)21(13-9-11-15(12-10-13)24(28)29)16(18(25)30-2)17(19(26)31-3)22(23,32-21)14-7-5-4-6-8-14/h4-12,16-17H,1-3H3/t16-,17-,21?,22?/m0/s1. The van der Waals surface area contributed by atoms with Crippen molar-refractivity contribution >= 4 is 23.5 Å². The van der Waals surface area contributed by atoms with Crippen molar-refractivity contribution in [1.82, 2.24) is 4.90 Å². The number of carbonyl (C=O) groups excluding carboxylic acids is 3. The van der Waals surface area contributed by atoms with Crippen LogP contribution in [0, 0.1) is 22.0 Å². The van der Waals surface area contributed by atoms with Gasteiger partial charge in [-0.2, -0.15) is 0 Å². The van der Waals surface area contributed by atoms with Crippen LogP contribution < -0.4 is 0 Å². The van der Waals surface area contributed by atoms with Crippen LogP contribution in [0.15, 0.2) is 54.6 Å². The molecule has 166 valence electrons. The lowest BCUT2D eigenvalue weighted by molar-refractivity contribution is -0.384. The van der Waals surface area contributed by atoms with E-state index in [9.17, 15) is 24.5 Å². The van der Waals surface area contributed by atoms with E-state index in [1.807, 2.05) is 0 Å². The van der Waals surface area contributed by atoms with Crippen LogP contribution in [0.2, 0.25) is 0 Å². The van der Waals surface area contributed by atoms with Gasteiger partial charge in [-0.05, 0) is 17.7 Å². The van der Waals surface area contributed by atoms with Crippen molar-refractivity contribution in [3.8, 4) is 0 Å². The molecule has 32 heavy (non-hydrogen) atoms. The molecule has 0 spiro atoms. The summed E-state index contributed by atoms with van der Waals surface area (Å²) in [6.07, 6.45) is 0. The molecule has 2 fully saturated rings. The first kappa shape index (κ1) is 21.4. The third-order valence-corrected chi connectivity index (χ3v) is 6.23. The molecule has 4 rings (SSSR count). The van der Waals surface area contributed by atoms with Gasteiger partial charge < -0.3 is 19.1 Å². The number of rotatable bonds is 5. The number of esters is 2. The SMILES string of the molecule is COC(=O)[C@@H]1[C@@H](C(=O)OC)C2(c3ccccc3)OC1(c1ccc([N+](=O)[O-])cc1)C(=O)N2C. The Kier molecular flexibility index (Phi) is 4.97. The summed E-state index contributed by atoms with van der Waals surface area (Å²) in [4.78, 5) is 51.6. The Balaban J connectivity index is 2.02. The zero-order valence-electron chi connectivity index (χ0n) is 17.5. The summed E-state index contributed by atoms with van der Waals surface area (Å²) in [7, 11) is 3.81. The molecule has 2 heterocycles. The summed E-state index contributed by atoms with van der Waals surface area (Å²) >= 11 is 0. The molecular weight excluding hydrogens is 420 g/mol. The molecule has 2 unspecified atom stereocenters. The second kappa shape index (κ2) is 7.41. The van der Waals surface area contributed by atoms with Crippen molar-refractivity contribution in [2.75, 3.05) is 21.3 Å². The van der Waals surface area contributed by atoms with Crippen molar-refractivity contribution in [1.29, 1.82) is 0 Å². The first-order valence-electron chi connectivity index (χ1n) is 9.70. The average molecular weight is 440 g/mol. The number of methoxy groups -OCH3 is 2. The second-order valence-corrected chi connectivity index (χ2v) is 7.57. The van der Waals surface area contributed by atoms with Gasteiger partial charge in [0, 0.05) is 24.7 Å². The van der Waals surface area contributed by atoms with Crippen LogP contribution in [0.1, 0.15) is 11.1 Å². The van der Waals surface area contributed by atoms with E-state index in [0.717, 1.165) is 7.11 Å². The molecule has 4 atom stereocenters. The number of nitro groups is 1. The average Bonchev–Trinajstić information content (AvgIpc) is 3.27. The van der Waals surface area contributed by atoms with Crippen LogP contribution in [-0.2, 0) is 39.9 Å². The predicted molar refractivity (Wildman–Crippen MR) is 108 cm³/mol. The van der Waals surface area contributed by atoms with Gasteiger partial charge in [0.25, 0.3) is 11.6 Å². The third-order valence-electron chi connectivity index (χ3n) is 6.23. The number of likely N-dealkylation sites (tertiary alicyclic amines) is 1. The van der Waals surface area contributed by atoms with E-state index in [0.29, 0.717) is 5.56 Å². The van der Waals surface area contributed by atoms with Crippen LogP contribution in [0.5, 0.6) is 0 Å². The van der Waals surface area contributed by atoms with Gasteiger partial charge in [0.1, 0.15) is 11.8 Å². The molecule has 10 heteroatoms. The summed E-state index contributed by atoms with van der Waals surface area (Å²) in [6, 6.07) is 13.7. The lowest BCUT2D eigenvalue weighted by atomic mass is 9.68. The number of amides is 1. The van der Waals surface area contributed by atoms with E-state index in [1.54, 1.807) is 30.3 Å². The molecule has 0 aromatic heterocycles. The minimum atomic E-state index is -1.94. The Morgan fingerprint density at radius 1 is 0.969 bits per heavy atom. The van der Waals surface area contributed by atoms with Crippen LogP contribution in [0.3, 0.4) is 0 Å².